The Kier molecular flexibility index (Phi) is 5.63. The minimum atomic E-state index is -0.666. The standard InChI is InChI=1S/C24H18NO7/c1-14-22(15-5-9-18(30-2)10-6-15)23(26)20-12-11-19(13-21(20)31-14)32-24(27)16-3-7-17(8-4-16)25(28)29/h3-13,28H,1-2H3/q-1. The van der Waals surface area contributed by atoms with E-state index in [0.29, 0.717) is 28.0 Å². The maximum atomic E-state index is 13.1. The van der Waals surface area contributed by atoms with E-state index in [2.05, 4.69) is 0 Å². The molecule has 0 fully saturated rings. The van der Waals surface area contributed by atoms with Crippen molar-refractivity contribution in [2.45, 2.75) is 6.92 Å². The van der Waals surface area contributed by atoms with Crippen LogP contribution in [0, 0.1) is 12.1 Å². The first-order valence-corrected chi connectivity index (χ1v) is 9.57. The van der Waals surface area contributed by atoms with Crippen LogP contribution in [0.15, 0.2) is 75.9 Å². The van der Waals surface area contributed by atoms with E-state index in [-0.39, 0.29) is 33.2 Å². The summed E-state index contributed by atoms with van der Waals surface area (Å²) >= 11 is 0. The van der Waals surface area contributed by atoms with E-state index in [1.807, 2.05) is 0 Å². The van der Waals surface area contributed by atoms with Crippen LogP contribution in [0.5, 0.6) is 11.5 Å². The van der Waals surface area contributed by atoms with Gasteiger partial charge in [0.2, 0.25) is 5.43 Å². The first kappa shape index (κ1) is 21.1. The fourth-order valence-corrected chi connectivity index (χ4v) is 3.33. The Morgan fingerprint density at radius 3 is 2.28 bits per heavy atom. The molecule has 32 heavy (non-hydrogen) atoms. The van der Waals surface area contributed by atoms with Crippen molar-refractivity contribution in [1.82, 2.24) is 0 Å². The number of benzene rings is 3. The molecule has 8 nitrogen and oxygen atoms in total. The number of carbonyl (C=O) groups excluding carboxylic acids is 1. The average Bonchev–Trinajstić information content (AvgIpc) is 2.79. The molecule has 0 aliphatic heterocycles. The van der Waals surface area contributed by atoms with E-state index < -0.39 is 5.97 Å². The highest BCUT2D eigenvalue weighted by Crippen LogP contribution is 2.28. The molecule has 1 aromatic heterocycles. The van der Waals surface area contributed by atoms with Crippen LogP contribution in [0.1, 0.15) is 16.1 Å². The van der Waals surface area contributed by atoms with Crippen molar-refractivity contribution in [3.8, 4) is 22.6 Å². The third-order valence-corrected chi connectivity index (χ3v) is 4.95. The summed E-state index contributed by atoms with van der Waals surface area (Å²) < 4.78 is 16.4. The Hall–Kier alpha value is -4.14. The topological polar surface area (TPSA) is 112 Å². The minimum Gasteiger partial charge on any atom is -0.733 e. The summed E-state index contributed by atoms with van der Waals surface area (Å²) in [7, 11) is 1.57. The predicted molar refractivity (Wildman–Crippen MR) is 118 cm³/mol. The molecule has 0 saturated heterocycles. The van der Waals surface area contributed by atoms with E-state index in [4.69, 9.17) is 19.1 Å². The number of ether oxygens (including phenoxy) is 2. The predicted octanol–water partition coefficient (Wildman–Crippen LogP) is 4.69. The Labute approximate surface area is 182 Å². The van der Waals surface area contributed by atoms with Gasteiger partial charge in [0.1, 0.15) is 22.8 Å². The van der Waals surface area contributed by atoms with Crippen molar-refractivity contribution in [2.24, 2.45) is 0 Å². The molecule has 0 aliphatic rings. The number of methoxy groups -OCH3 is 1. The summed E-state index contributed by atoms with van der Waals surface area (Å²) in [5, 5.41) is 19.8. The van der Waals surface area contributed by atoms with Crippen molar-refractivity contribution in [3.05, 3.63) is 93.5 Å². The zero-order chi connectivity index (χ0) is 22.8. The summed E-state index contributed by atoms with van der Waals surface area (Å²) in [5.41, 5.74) is 1.40. The van der Waals surface area contributed by atoms with Gasteiger partial charge in [-0.05, 0) is 61.0 Å². The molecule has 0 unspecified atom stereocenters. The number of nitrogens with zero attached hydrogens (tertiary/aromatic N) is 1. The van der Waals surface area contributed by atoms with E-state index in [1.54, 1.807) is 44.4 Å². The van der Waals surface area contributed by atoms with Crippen LogP contribution in [0.2, 0.25) is 0 Å². The molecule has 0 saturated carbocycles. The summed E-state index contributed by atoms with van der Waals surface area (Å²) in [5.74, 6) is 0.636. The van der Waals surface area contributed by atoms with Crippen LogP contribution < -0.4 is 20.1 Å². The fraction of sp³-hybridized carbons (Fsp3) is 0.0833. The largest absolute Gasteiger partial charge is 0.733 e. The second-order valence-corrected chi connectivity index (χ2v) is 6.96. The van der Waals surface area contributed by atoms with Crippen LogP contribution in [0.3, 0.4) is 0 Å². The number of hydrogen-bond acceptors (Lipinski definition) is 8. The number of hydrogen-bond donors (Lipinski definition) is 1. The zero-order valence-corrected chi connectivity index (χ0v) is 17.2. The van der Waals surface area contributed by atoms with Gasteiger partial charge in [0.25, 0.3) is 0 Å². The molecule has 162 valence electrons. The Bertz CT molecular complexity index is 1340. The van der Waals surface area contributed by atoms with Crippen molar-refractivity contribution in [2.75, 3.05) is 12.3 Å². The number of esters is 1. The lowest BCUT2D eigenvalue weighted by Crippen LogP contribution is -2.11. The maximum Gasteiger partial charge on any atom is 0.343 e. The molecule has 4 aromatic rings. The summed E-state index contributed by atoms with van der Waals surface area (Å²) in [4.78, 5) is 25.5. The summed E-state index contributed by atoms with van der Waals surface area (Å²) in [6.45, 7) is 1.70. The molecular formula is C24H18NO7-. The molecule has 0 amide bonds. The van der Waals surface area contributed by atoms with Gasteiger partial charge >= 0.3 is 5.97 Å². The summed E-state index contributed by atoms with van der Waals surface area (Å²) in [6.07, 6.45) is 0. The van der Waals surface area contributed by atoms with Gasteiger partial charge in [-0.25, -0.2) is 4.79 Å². The minimum absolute atomic E-state index is 0.0165. The van der Waals surface area contributed by atoms with Crippen molar-refractivity contribution in [1.29, 1.82) is 0 Å². The number of carbonyl (C=O) groups is 1. The van der Waals surface area contributed by atoms with Gasteiger partial charge in [0.05, 0.1) is 29.3 Å². The lowest BCUT2D eigenvalue weighted by molar-refractivity contribution is 0.0735. The number of fused-ring (bicyclic) bond motifs is 1. The monoisotopic (exact) mass is 432 g/mol. The van der Waals surface area contributed by atoms with E-state index >= 15 is 0 Å². The molecule has 4 rings (SSSR count). The molecule has 0 radical (unpaired) electrons. The molecule has 0 spiro atoms. The van der Waals surface area contributed by atoms with Crippen LogP contribution >= 0.6 is 0 Å². The highest BCUT2D eigenvalue weighted by atomic mass is 16.8. The maximum absolute atomic E-state index is 13.1. The van der Waals surface area contributed by atoms with E-state index in [0.717, 1.165) is 0 Å². The molecule has 0 bridgehead atoms. The van der Waals surface area contributed by atoms with E-state index in [9.17, 15) is 14.8 Å². The second kappa shape index (κ2) is 8.54. The highest BCUT2D eigenvalue weighted by molar-refractivity contribution is 5.92. The number of aryl methyl sites for hydroxylation is 1. The lowest BCUT2D eigenvalue weighted by Gasteiger charge is -2.21. The Balaban J connectivity index is 1.64. The number of anilines is 1. The van der Waals surface area contributed by atoms with Gasteiger partial charge in [0.15, 0.2) is 0 Å². The normalized spacial score (nSPS) is 10.8. The van der Waals surface area contributed by atoms with Gasteiger partial charge in [-0.15, -0.1) is 0 Å². The second-order valence-electron chi connectivity index (χ2n) is 6.96. The molecular weight excluding hydrogens is 414 g/mol. The van der Waals surface area contributed by atoms with Gasteiger partial charge in [-0.2, -0.15) is 0 Å². The third kappa shape index (κ3) is 4.04. The highest BCUT2D eigenvalue weighted by Gasteiger charge is 2.16. The van der Waals surface area contributed by atoms with Crippen molar-refractivity contribution >= 4 is 22.6 Å². The van der Waals surface area contributed by atoms with Crippen LogP contribution in [-0.4, -0.2) is 18.3 Å². The third-order valence-electron chi connectivity index (χ3n) is 4.95. The first-order chi connectivity index (χ1) is 15.4. The molecule has 1 heterocycles. The van der Waals surface area contributed by atoms with E-state index in [1.165, 1.54) is 36.4 Å². The van der Waals surface area contributed by atoms with Gasteiger partial charge in [-0.1, -0.05) is 12.1 Å². The first-order valence-electron chi connectivity index (χ1n) is 9.57. The van der Waals surface area contributed by atoms with Crippen LogP contribution in [0.25, 0.3) is 22.1 Å². The molecule has 0 aliphatic carbocycles. The van der Waals surface area contributed by atoms with Crippen LogP contribution in [-0.2, 0) is 0 Å². The molecule has 3 aromatic carbocycles. The van der Waals surface area contributed by atoms with Gasteiger partial charge < -0.3 is 24.3 Å². The van der Waals surface area contributed by atoms with Crippen molar-refractivity contribution < 1.29 is 23.9 Å². The van der Waals surface area contributed by atoms with Crippen molar-refractivity contribution in [3.63, 3.8) is 0 Å². The zero-order valence-electron chi connectivity index (χ0n) is 17.2. The van der Waals surface area contributed by atoms with Crippen LogP contribution in [0.4, 0.5) is 5.69 Å². The lowest BCUT2D eigenvalue weighted by atomic mass is 10.0. The smallest absolute Gasteiger partial charge is 0.343 e. The quantitative estimate of drug-likeness (QED) is 0.275. The Morgan fingerprint density at radius 2 is 1.66 bits per heavy atom. The molecule has 0 atom stereocenters. The molecule has 8 heteroatoms. The summed E-state index contributed by atoms with van der Waals surface area (Å²) in [6, 6.07) is 16.9. The fourth-order valence-electron chi connectivity index (χ4n) is 3.33. The molecule has 1 N–H and O–H groups in total. The average molecular weight is 432 g/mol. The van der Waals surface area contributed by atoms with Gasteiger partial charge in [0, 0.05) is 6.07 Å². The number of rotatable bonds is 5. The Morgan fingerprint density at radius 1 is 1.00 bits per heavy atom. The van der Waals surface area contributed by atoms with Gasteiger partial charge in [-0.3, -0.25) is 10.0 Å². The SMILES string of the molecule is COc1ccc(-c2c(C)oc3cc(OC(=O)c4ccc(N([O-])O)cc4)ccc3c2=O)cc1.